The van der Waals surface area contributed by atoms with E-state index in [1.807, 2.05) is 20.8 Å². The SMILES string of the molecule is CC(C)(C)OC(=O)NC12CCCC(C(=O)O)(CC1)C2. The van der Waals surface area contributed by atoms with Gasteiger partial charge in [0, 0.05) is 5.54 Å². The number of fused-ring (bicyclic) bond motifs is 2. The number of carboxylic acid groups (broad SMARTS) is 1. The van der Waals surface area contributed by atoms with Gasteiger partial charge in [0.15, 0.2) is 0 Å². The summed E-state index contributed by atoms with van der Waals surface area (Å²) >= 11 is 0. The Bertz CT molecular complexity index is 401. The summed E-state index contributed by atoms with van der Waals surface area (Å²) in [5.74, 6) is -0.722. The van der Waals surface area contributed by atoms with Crippen LogP contribution in [0.2, 0.25) is 0 Å². The van der Waals surface area contributed by atoms with Gasteiger partial charge in [0.1, 0.15) is 5.60 Å². The Kier molecular flexibility index (Phi) is 3.27. The lowest BCUT2D eigenvalue weighted by molar-refractivity contribution is -0.150. The number of carbonyl (C=O) groups excluding carboxylic acids is 1. The van der Waals surface area contributed by atoms with Crippen molar-refractivity contribution < 1.29 is 19.4 Å². The molecule has 5 heteroatoms. The van der Waals surface area contributed by atoms with Crippen molar-refractivity contribution >= 4 is 12.1 Å². The van der Waals surface area contributed by atoms with Gasteiger partial charge in [-0.1, -0.05) is 0 Å². The highest BCUT2D eigenvalue weighted by molar-refractivity contribution is 5.76. The number of ether oxygens (including phenoxy) is 1. The first-order valence-corrected chi connectivity index (χ1v) is 6.91. The molecule has 2 bridgehead atoms. The molecule has 0 saturated heterocycles. The lowest BCUT2D eigenvalue weighted by Gasteiger charge is -2.38. The normalized spacial score (nSPS) is 33.8. The van der Waals surface area contributed by atoms with Gasteiger partial charge in [-0.05, 0) is 59.3 Å². The monoisotopic (exact) mass is 269 g/mol. The fraction of sp³-hybridized carbons (Fsp3) is 0.857. The number of aliphatic carboxylic acids is 1. The fourth-order valence-electron chi connectivity index (χ4n) is 3.47. The molecule has 2 N–H and O–H groups in total. The number of carbonyl (C=O) groups is 2. The third-order valence-electron chi connectivity index (χ3n) is 4.29. The van der Waals surface area contributed by atoms with Crippen LogP contribution in [0.15, 0.2) is 0 Å². The Morgan fingerprint density at radius 3 is 2.42 bits per heavy atom. The largest absolute Gasteiger partial charge is 0.481 e. The summed E-state index contributed by atoms with van der Waals surface area (Å²) < 4.78 is 5.28. The number of rotatable bonds is 2. The predicted molar refractivity (Wildman–Crippen MR) is 69.9 cm³/mol. The molecule has 0 heterocycles. The van der Waals surface area contributed by atoms with Gasteiger partial charge in [0.05, 0.1) is 5.41 Å². The van der Waals surface area contributed by atoms with Gasteiger partial charge in [-0.15, -0.1) is 0 Å². The van der Waals surface area contributed by atoms with Gasteiger partial charge >= 0.3 is 12.1 Å². The van der Waals surface area contributed by atoms with Gasteiger partial charge in [0.25, 0.3) is 0 Å². The van der Waals surface area contributed by atoms with Crippen molar-refractivity contribution in [3.63, 3.8) is 0 Å². The van der Waals surface area contributed by atoms with Crippen LogP contribution >= 0.6 is 0 Å². The van der Waals surface area contributed by atoms with Gasteiger partial charge < -0.3 is 15.2 Å². The summed E-state index contributed by atoms with van der Waals surface area (Å²) in [7, 11) is 0. The number of hydrogen-bond donors (Lipinski definition) is 2. The first kappa shape index (κ1) is 14.2. The highest BCUT2D eigenvalue weighted by Gasteiger charge is 2.55. The van der Waals surface area contributed by atoms with Crippen LogP contribution in [-0.4, -0.2) is 28.3 Å². The van der Waals surface area contributed by atoms with Crippen LogP contribution in [0, 0.1) is 5.41 Å². The topological polar surface area (TPSA) is 75.6 Å². The number of hydrogen-bond acceptors (Lipinski definition) is 3. The highest BCUT2D eigenvalue weighted by Crippen LogP contribution is 2.53. The quantitative estimate of drug-likeness (QED) is 0.808. The smallest absolute Gasteiger partial charge is 0.408 e. The number of nitrogens with one attached hydrogen (secondary N) is 1. The standard InChI is InChI=1S/C14H23NO4/c1-12(2,3)19-11(18)15-14-6-4-5-13(9-14,7-8-14)10(16)17/h4-9H2,1-3H3,(H,15,18)(H,16,17). The summed E-state index contributed by atoms with van der Waals surface area (Å²) in [5.41, 5.74) is -1.54. The second-order valence-electron chi connectivity index (χ2n) is 7.02. The van der Waals surface area contributed by atoms with Crippen molar-refractivity contribution in [1.82, 2.24) is 5.32 Å². The Balaban J connectivity index is 2.05. The minimum atomic E-state index is -0.722. The highest BCUT2D eigenvalue weighted by atomic mass is 16.6. The zero-order chi connectivity index (χ0) is 14.3. The van der Waals surface area contributed by atoms with E-state index in [0.29, 0.717) is 12.8 Å². The maximum Gasteiger partial charge on any atom is 0.408 e. The van der Waals surface area contributed by atoms with E-state index in [1.54, 1.807) is 0 Å². The summed E-state index contributed by atoms with van der Waals surface area (Å²) in [6.07, 6.45) is 3.91. The minimum absolute atomic E-state index is 0.376. The minimum Gasteiger partial charge on any atom is -0.481 e. The zero-order valence-corrected chi connectivity index (χ0v) is 11.9. The van der Waals surface area contributed by atoms with Crippen molar-refractivity contribution in [2.24, 2.45) is 5.41 Å². The molecule has 0 aromatic heterocycles. The number of amides is 1. The summed E-state index contributed by atoms with van der Waals surface area (Å²) in [5, 5.41) is 12.3. The van der Waals surface area contributed by atoms with Crippen LogP contribution in [0.3, 0.4) is 0 Å². The fourth-order valence-corrected chi connectivity index (χ4v) is 3.47. The van der Waals surface area contributed by atoms with E-state index in [1.165, 1.54) is 0 Å². The molecule has 0 aromatic carbocycles. The molecular formula is C14H23NO4. The molecule has 108 valence electrons. The van der Waals surface area contributed by atoms with Crippen LogP contribution in [0.5, 0.6) is 0 Å². The maximum absolute atomic E-state index is 11.9. The first-order chi connectivity index (χ1) is 8.67. The predicted octanol–water partition coefficient (Wildman–Crippen LogP) is 2.69. The van der Waals surface area contributed by atoms with Gasteiger partial charge in [-0.3, -0.25) is 4.79 Å². The Hall–Kier alpha value is -1.26. The van der Waals surface area contributed by atoms with Crippen LogP contribution in [-0.2, 0) is 9.53 Å². The van der Waals surface area contributed by atoms with Gasteiger partial charge in [0.2, 0.25) is 0 Å². The number of carboxylic acids is 1. The van der Waals surface area contributed by atoms with Crippen molar-refractivity contribution in [3.8, 4) is 0 Å². The maximum atomic E-state index is 11.9. The molecule has 0 spiro atoms. The van der Waals surface area contributed by atoms with E-state index in [-0.39, 0.29) is 5.54 Å². The van der Waals surface area contributed by atoms with Crippen LogP contribution in [0.4, 0.5) is 4.79 Å². The van der Waals surface area contributed by atoms with E-state index in [4.69, 9.17) is 4.74 Å². The van der Waals surface area contributed by atoms with Crippen molar-refractivity contribution in [2.75, 3.05) is 0 Å². The number of alkyl carbamates (subject to hydrolysis) is 1. The molecule has 2 fully saturated rings. The molecule has 2 aliphatic carbocycles. The third kappa shape index (κ3) is 2.85. The van der Waals surface area contributed by atoms with Crippen molar-refractivity contribution in [2.45, 2.75) is 70.4 Å². The molecular weight excluding hydrogens is 246 g/mol. The van der Waals surface area contributed by atoms with E-state index < -0.39 is 23.1 Å². The second-order valence-corrected chi connectivity index (χ2v) is 7.02. The summed E-state index contributed by atoms with van der Waals surface area (Å²) in [6.45, 7) is 5.46. The molecule has 19 heavy (non-hydrogen) atoms. The van der Waals surface area contributed by atoms with E-state index in [2.05, 4.69) is 5.32 Å². The third-order valence-corrected chi connectivity index (χ3v) is 4.29. The molecule has 5 nitrogen and oxygen atoms in total. The average molecular weight is 269 g/mol. The second kappa shape index (κ2) is 4.39. The lowest BCUT2D eigenvalue weighted by atomic mass is 9.73. The van der Waals surface area contributed by atoms with E-state index in [9.17, 15) is 14.7 Å². The summed E-state index contributed by atoms with van der Waals surface area (Å²) in [6, 6.07) is 0. The molecule has 2 unspecified atom stereocenters. The zero-order valence-electron chi connectivity index (χ0n) is 11.9. The van der Waals surface area contributed by atoms with Crippen molar-refractivity contribution in [3.05, 3.63) is 0 Å². The molecule has 1 amide bonds. The molecule has 2 saturated carbocycles. The Morgan fingerprint density at radius 1 is 1.16 bits per heavy atom. The van der Waals surface area contributed by atoms with Gasteiger partial charge in [-0.2, -0.15) is 0 Å². The first-order valence-electron chi connectivity index (χ1n) is 6.91. The molecule has 2 rings (SSSR count). The van der Waals surface area contributed by atoms with Crippen molar-refractivity contribution in [1.29, 1.82) is 0 Å². The lowest BCUT2D eigenvalue weighted by Crippen LogP contribution is -2.51. The molecule has 2 atom stereocenters. The average Bonchev–Trinajstić information content (AvgIpc) is 2.48. The molecule has 0 aliphatic heterocycles. The van der Waals surface area contributed by atoms with Gasteiger partial charge in [-0.25, -0.2) is 4.79 Å². The van der Waals surface area contributed by atoms with Crippen LogP contribution in [0.25, 0.3) is 0 Å². The Morgan fingerprint density at radius 2 is 1.84 bits per heavy atom. The van der Waals surface area contributed by atoms with Crippen LogP contribution < -0.4 is 5.32 Å². The van der Waals surface area contributed by atoms with Crippen LogP contribution in [0.1, 0.15) is 59.3 Å². The molecule has 0 aromatic rings. The molecule has 0 radical (unpaired) electrons. The molecule has 2 aliphatic rings. The summed E-state index contributed by atoms with van der Waals surface area (Å²) in [4.78, 5) is 23.3. The van der Waals surface area contributed by atoms with E-state index in [0.717, 1.165) is 25.7 Å². The van der Waals surface area contributed by atoms with E-state index >= 15 is 0 Å². The Labute approximate surface area is 113 Å².